The lowest BCUT2D eigenvalue weighted by molar-refractivity contribution is 0.119. The van der Waals surface area contributed by atoms with Crippen LogP contribution in [0.1, 0.15) is 18.5 Å². The van der Waals surface area contributed by atoms with Crippen LogP contribution >= 0.6 is 15.9 Å². The predicted octanol–water partition coefficient (Wildman–Crippen LogP) is 3.21. The zero-order valence-electron chi connectivity index (χ0n) is 6.47. The van der Waals surface area contributed by atoms with Crippen LogP contribution in [0, 0.1) is 0 Å². The van der Waals surface area contributed by atoms with Crippen molar-refractivity contribution in [3.05, 3.63) is 28.5 Å². The standard InChI is InChI=1S/C8H8BrF2N/c1-5(8(10)11)7-4-6(9)2-3-12-7/h2-5,8H,1H3. The van der Waals surface area contributed by atoms with Crippen molar-refractivity contribution < 1.29 is 8.78 Å². The molecule has 12 heavy (non-hydrogen) atoms. The quantitative estimate of drug-likeness (QED) is 0.768. The van der Waals surface area contributed by atoms with Crippen LogP contribution in [-0.4, -0.2) is 11.4 Å². The Bertz CT molecular complexity index is 265. The zero-order chi connectivity index (χ0) is 9.14. The third-order valence-corrected chi connectivity index (χ3v) is 2.08. The summed E-state index contributed by atoms with van der Waals surface area (Å²) < 4.78 is 25.2. The summed E-state index contributed by atoms with van der Waals surface area (Å²) >= 11 is 3.19. The highest BCUT2D eigenvalue weighted by molar-refractivity contribution is 9.10. The molecule has 0 amide bonds. The summed E-state index contributed by atoms with van der Waals surface area (Å²) in [5.74, 6) is -0.803. The lowest BCUT2D eigenvalue weighted by Crippen LogP contribution is -2.06. The first-order chi connectivity index (χ1) is 5.61. The highest BCUT2D eigenvalue weighted by Gasteiger charge is 2.17. The molecule has 1 aromatic heterocycles. The third kappa shape index (κ3) is 2.24. The van der Waals surface area contributed by atoms with E-state index in [0.717, 1.165) is 4.47 Å². The van der Waals surface area contributed by atoms with Crippen molar-refractivity contribution in [3.8, 4) is 0 Å². The average molecular weight is 236 g/mol. The van der Waals surface area contributed by atoms with Crippen molar-refractivity contribution in [3.63, 3.8) is 0 Å². The summed E-state index contributed by atoms with van der Waals surface area (Å²) in [6.45, 7) is 1.46. The van der Waals surface area contributed by atoms with Crippen LogP contribution in [0.25, 0.3) is 0 Å². The van der Waals surface area contributed by atoms with Gasteiger partial charge in [0.25, 0.3) is 0 Å². The van der Waals surface area contributed by atoms with Crippen LogP contribution < -0.4 is 0 Å². The molecule has 1 heterocycles. The molecule has 0 saturated carbocycles. The van der Waals surface area contributed by atoms with Crippen molar-refractivity contribution in [1.29, 1.82) is 0 Å². The molecule has 0 aromatic carbocycles. The van der Waals surface area contributed by atoms with E-state index in [1.807, 2.05) is 0 Å². The Kier molecular flexibility index (Phi) is 3.14. The largest absolute Gasteiger partial charge is 0.261 e. The van der Waals surface area contributed by atoms with Gasteiger partial charge in [-0.3, -0.25) is 4.98 Å². The van der Waals surface area contributed by atoms with Gasteiger partial charge in [-0.05, 0) is 12.1 Å². The van der Waals surface area contributed by atoms with Crippen LogP contribution in [0.15, 0.2) is 22.8 Å². The molecular formula is C8H8BrF2N. The summed E-state index contributed by atoms with van der Waals surface area (Å²) in [4.78, 5) is 3.85. The van der Waals surface area contributed by atoms with Gasteiger partial charge in [0.2, 0.25) is 6.43 Å². The van der Waals surface area contributed by atoms with Crippen LogP contribution in [0.5, 0.6) is 0 Å². The molecule has 0 saturated heterocycles. The van der Waals surface area contributed by atoms with E-state index in [9.17, 15) is 8.78 Å². The van der Waals surface area contributed by atoms with Gasteiger partial charge in [0.15, 0.2) is 0 Å². The van der Waals surface area contributed by atoms with Gasteiger partial charge < -0.3 is 0 Å². The number of rotatable bonds is 2. The normalized spacial score (nSPS) is 13.4. The maximum Gasteiger partial charge on any atom is 0.246 e. The molecule has 4 heteroatoms. The summed E-state index contributed by atoms with van der Waals surface area (Å²) in [5.41, 5.74) is 0.416. The highest BCUT2D eigenvalue weighted by Crippen LogP contribution is 2.22. The fourth-order valence-electron chi connectivity index (χ4n) is 0.799. The summed E-state index contributed by atoms with van der Waals surface area (Å²) in [5, 5.41) is 0. The van der Waals surface area contributed by atoms with Gasteiger partial charge in [-0.1, -0.05) is 22.9 Å². The second-order valence-electron chi connectivity index (χ2n) is 2.52. The molecule has 66 valence electrons. The van der Waals surface area contributed by atoms with Gasteiger partial charge in [0.05, 0.1) is 5.92 Å². The number of hydrogen-bond donors (Lipinski definition) is 0. The Morgan fingerprint density at radius 2 is 2.17 bits per heavy atom. The van der Waals surface area contributed by atoms with Crippen molar-refractivity contribution in [2.45, 2.75) is 19.3 Å². The third-order valence-electron chi connectivity index (χ3n) is 1.59. The van der Waals surface area contributed by atoms with Crippen molar-refractivity contribution in [2.75, 3.05) is 0 Å². The molecular weight excluding hydrogens is 228 g/mol. The number of halogens is 3. The fraction of sp³-hybridized carbons (Fsp3) is 0.375. The van der Waals surface area contributed by atoms with Gasteiger partial charge in [-0.25, -0.2) is 8.78 Å². The van der Waals surface area contributed by atoms with Crippen molar-refractivity contribution in [1.82, 2.24) is 4.98 Å². The minimum Gasteiger partial charge on any atom is -0.261 e. The lowest BCUT2D eigenvalue weighted by Gasteiger charge is -2.08. The number of alkyl halides is 2. The second-order valence-corrected chi connectivity index (χ2v) is 3.44. The molecule has 1 aromatic rings. The minimum absolute atomic E-state index is 0.416. The Hall–Kier alpha value is -0.510. The lowest BCUT2D eigenvalue weighted by atomic mass is 10.1. The maximum absolute atomic E-state index is 12.2. The van der Waals surface area contributed by atoms with Crippen LogP contribution in [0.3, 0.4) is 0 Å². The van der Waals surface area contributed by atoms with Crippen LogP contribution in [0.4, 0.5) is 8.78 Å². The van der Waals surface area contributed by atoms with E-state index < -0.39 is 12.3 Å². The molecule has 0 radical (unpaired) electrons. The topological polar surface area (TPSA) is 12.9 Å². The Labute approximate surface area is 77.9 Å². The summed E-state index contributed by atoms with van der Waals surface area (Å²) in [6, 6.07) is 3.32. The van der Waals surface area contributed by atoms with Gasteiger partial charge >= 0.3 is 0 Å². The molecule has 1 nitrogen and oxygen atoms in total. The van der Waals surface area contributed by atoms with Gasteiger partial charge in [-0.15, -0.1) is 0 Å². The Morgan fingerprint density at radius 1 is 1.50 bits per heavy atom. The first kappa shape index (κ1) is 9.58. The second kappa shape index (κ2) is 3.94. The molecule has 0 N–H and O–H groups in total. The predicted molar refractivity (Wildman–Crippen MR) is 46.4 cm³/mol. The van der Waals surface area contributed by atoms with E-state index in [-0.39, 0.29) is 0 Å². The number of hydrogen-bond acceptors (Lipinski definition) is 1. The Balaban J connectivity index is 2.88. The maximum atomic E-state index is 12.2. The molecule has 0 fully saturated rings. The molecule has 0 bridgehead atoms. The molecule has 0 spiro atoms. The molecule has 0 aliphatic rings. The van der Waals surface area contributed by atoms with E-state index in [1.165, 1.54) is 13.1 Å². The SMILES string of the molecule is CC(c1cc(Br)ccn1)C(F)F. The van der Waals surface area contributed by atoms with E-state index in [4.69, 9.17) is 0 Å². The van der Waals surface area contributed by atoms with E-state index in [0.29, 0.717) is 5.69 Å². The molecule has 1 atom stereocenters. The van der Waals surface area contributed by atoms with Crippen LogP contribution in [-0.2, 0) is 0 Å². The molecule has 1 rings (SSSR count). The molecule has 0 aliphatic carbocycles. The van der Waals surface area contributed by atoms with Gasteiger partial charge in [0.1, 0.15) is 0 Å². The number of pyridine rings is 1. The van der Waals surface area contributed by atoms with Crippen molar-refractivity contribution in [2.24, 2.45) is 0 Å². The first-order valence-electron chi connectivity index (χ1n) is 3.51. The van der Waals surface area contributed by atoms with Gasteiger partial charge in [0, 0.05) is 16.4 Å². The van der Waals surface area contributed by atoms with Crippen LogP contribution in [0.2, 0.25) is 0 Å². The van der Waals surface area contributed by atoms with E-state index >= 15 is 0 Å². The van der Waals surface area contributed by atoms with E-state index in [1.54, 1.807) is 12.1 Å². The van der Waals surface area contributed by atoms with E-state index in [2.05, 4.69) is 20.9 Å². The Morgan fingerprint density at radius 3 is 2.67 bits per heavy atom. The fourth-order valence-corrected chi connectivity index (χ4v) is 1.15. The number of nitrogens with zero attached hydrogens (tertiary/aromatic N) is 1. The number of aromatic nitrogens is 1. The molecule has 1 unspecified atom stereocenters. The highest BCUT2D eigenvalue weighted by atomic mass is 79.9. The minimum atomic E-state index is -2.35. The monoisotopic (exact) mass is 235 g/mol. The van der Waals surface area contributed by atoms with Crippen molar-refractivity contribution >= 4 is 15.9 Å². The average Bonchev–Trinajstić information content (AvgIpc) is 2.03. The summed E-state index contributed by atoms with van der Waals surface area (Å²) in [7, 11) is 0. The van der Waals surface area contributed by atoms with Gasteiger partial charge in [-0.2, -0.15) is 0 Å². The first-order valence-corrected chi connectivity index (χ1v) is 4.30. The summed E-state index contributed by atoms with van der Waals surface area (Å²) in [6.07, 6.45) is -0.843. The zero-order valence-corrected chi connectivity index (χ0v) is 8.05. The smallest absolute Gasteiger partial charge is 0.246 e. The molecule has 0 aliphatic heterocycles.